The molecule has 1 aliphatic rings. The lowest BCUT2D eigenvalue weighted by Crippen LogP contribution is -2.42. The fraction of sp³-hybridized carbons (Fsp3) is 0.538. The van der Waals surface area contributed by atoms with Crippen LogP contribution in [0.1, 0.15) is 20.3 Å². The van der Waals surface area contributed by atoms with E-state index in [0.717, 1.165) is 6.42 Å². The van der Waals surface area contributed by atoms with Gasteiger partial charge in [-0.05, 0) is 36.5 Å². The van der Waals surface area contributed by atoms with Gasteiger partial charge in [-0.2, -0.15) is 4.31 Å². The summed E-state index contributed by atoms with van der Waals surface area (Å²) in [6.07, 6.45) is 1.06. The number of nitrogens with zero attached hydrogens (tertiary/aromatic N) is 1. The average molecular weight is 322 g/mol. The highest BCUT2D eigenvalue weighted by Crippen LogP contribution is 2.30. The van der Waals surface area contributed by atoms with Crippen LogP contribution in [0.3, 0.4) is 0 Å². The molecular formula is C13H17Cl2NO2S. The molecule has 0 radical (unpaired) electrons. The normalized spacial score (nSPS) is 25.5. The number of halogens is 2. The molecular weight excluding hydrogens is 305 g/mol. The molecule has 1 fully saturated rings. The first kappa shape index (κ1) is 15.1. The Morgan fingerprint density at radius 1 is 1.11 bits per heavy atom. The Bertz CT molecular complexity index is 564. The van der Waals surface area contributed by atoms with Crippen LogP contribution in [-0.4, -0.2) is 25.8 Å². The Kier molecular flexibility index (Phi) is 4.45. The van der Waals surface area contributed by atoms with Gasteiger partial charge in [-0.1, -0.05) is 37.0 Å². The predicted molar refractivity (Wildman–Crippen MR) is 78.2 cm³/mol. The Morgan fingerprint density at radius 2 is 1.68 bits per heavy atom. The molecule has 0 spiro atoms. The average Bonchev–Trinajstić information content (AvgIpc) is 2.31. The van der Waals surface area contributed by atoms with Gasteiger partial charge in [-0.3, -0.25) is 0 Å². The van der Waals surface area contributed by atoms with E-state index in [9.17, 15) is 8.42 Å². The van der Waals surface area contributed by atoms with Gasteiger partial charge in [0, 0.05) is 13.1 Å². The lowest BCUT2D eigenvalue weighted by Gasteiger charge is -2.34. The number of benzene rings is 1. The van der Waals surface area contributed by atoms with Crippen molar-refractivity contribution in [1.29, 1.82) is 0 Å². The predicted octanol–water partition coefficient (Wildman–Crippen LogP) is 3.66. The van der Waals surface area contributed by atoms with E-state index < -0.39 is 10.0 Å². The van der Waals surface area contributed by atoms with Crippen molar-refractivity contribution in [2.24, 2.45) is 11.8 Å². The molecule has 0 bridgehead atoms. The second kappa shape index (κ2) is 5.60. The topological polar surface area (TPSA) is 37.4 Å². The zero-order chi connectivity index (χ0) is 14.2. The molecule has 1 heterocycles. The van der Waals surface area contributed by atoms with E-state index in [1.165, 1.54) is 18.2 Å². The molecule has 1 saturated heterocycles. The summed E-state index contributed by atoms with van der Waals surface area (Å²) >= 11 is 11.7. The van der Waals surface area contributed by atoms with Crippen LogP contribution in [0.5, 0.6) is 0 Å². The van der Waals surface area contributed by atoms with Crippen LogP contribution in [-0.2, 0) is 10.0 Å². The molecule has 2 rings (SSSR count). The summed E-state index contributed by atoms with van der Waals surface area (Å²) in [7, 11) is -3.48. The van der Waals surface area contributed by atoms with Crippen molar-refractivity contribution in [2.45, 2.75) is 25.2 Å². The van der Waals surface area contributed by atoms with Gasteiger partial charge in [0.15, 0.2) is 0 Å². The van der Waals surface area contributed by atoms with E-state index in [1.807, 2.05) is 0 Å². The molecule has 1 aromatic rings. The van der Waals surface area contributed by atoms with Crippen LogP contribution in [0.4, 0.5) is 0 Å². The third-order valence-electron chi connectivity index (χ3n) is 3.36. The van der Waals surface area contributed by atoms with Crippen molar-refractivity contribution in [1.82, 2.24) is 4.31 Å². The minimum absolute atomic E-state index is 0.211. The lowest BCUT2D eigenvalue weighted by molar-refractivity contribution is 0.222. The first-order valence-corrected chi connectivity index (χ1v) is 8.45. The van der Waals surface area contributed by atoms with Crippen molar-refractivity contribution in [2.75, 3.05) is 13.1 Å². The SMILES string of the molecule is C[C@@H]1C[C@H](C)CN(S(=O)(=O)c2ccc(Cl)c(Cl)c2)C1. The highest BCUT2D eigenvalue weighted by Gasteiger charge is 2.31. The number of hydrogen-bond acceptors (Lipinski definition) is 2. The highest BCUT2D eigenvalue weighted by atomic mass is 35.5. The first-order valence-electron chi connectivity index (χ1n) is 6.26. The first-order chi connectivity index (χ1) is 8.80. The summed E-state index contributed by atoms with van der Waals surface area (Å²) in [4.78, 5) is 0.211. The largest absolute Gasteiger partial charge is 0.243 e. The van der Waals surface area contributed by atoms with Crippen LogP contribution < -0.4 is 0 Å². The van der Waals surface area contributed by atoms with Crippen molar-refractivity contribution >= 4 is 33.2 Å². The summed E-state index contributed by atoms with van der Waals surface area (Å²) in [6.45, 7) is 5.28. The zero-order valence-corrected chi connectivity index (χ0v) is 13.3. The highest BCUT2D eigenvalue weighted by molar-refractivity contribution is 7.89. The van der Waals surface area contributed by atoms with Gasteiger partial charge < -0.3 is 0 Å². The number of hydrogen-bond donors (Lipinski definition) is 0. The smallest absolute Gasteiger partial charge is 0.207 e. The minimum Gasteiger partial charge on any atom is -0.207 e. The van der Waals surface area contributed by atoms with Crippen LogP contribution in [0.15, 0.2) is 23.1 Å². The van der Waals surface area contributed by atoms with Gasteiger partial charge in [0.1, 0.15) is 0 Å². The molecule has 3 nitrogen and oxygen atoms in total. The molecule has 1 aromatic carbocycles. The van der Waals surface area contributed by atoms with Crippen molar-refractivity contribution in [3.63, 3.8) is 0 Å². The molecule has 0 unspecified atom stereocenters. The van der Waals surface area contributed by atoms with E-state index in [-0.39, 0.29) is 9.92 Å². The fourth-order valence-electron chi connectivity index (χ4n) is 2.59. The van der Waals surface area contributed by atoms with E-state index in [2.05, 4.69) is 13.8 Å². The quantitative estimate of drug-likeness (QED) is 0.833. The second-order valence-electron chi connectivity index (χ2n) is 5.34. The molecule has 0 saturated carbocycles. The summed E-state index contributed by atoms with van der Waals surface area (Å²) in [5.41, 5.74) is 0. The van der Waals surface area contributed by atoms with E-state index in [4.69, 9.17) is 23.2 Å². The Hall–Kier alpha value is -0.290. The summed E-state index contributed by atoms with van der Waals surface area (Å²) < 4.78 is 26.7. The minimum atomic E-state index is -3.48. The Balaban J connectivity index is 2.33. The van der Waals surface area contributed by atoms with Crippen LogP contribution in [0.25, 0.3) is 0 Å². The summed E-state index contributed by atoms with van der Waals surface area (Å²) in [6, 6.07) is 4.45. The number of piperidine rings is 1. The van der Waals surface area contributed by atoms with E-state index in [1.54, 1.807) is 4.31 Å². The molecule has 6 heteroatoms. The van der Waals surface area contributed by atoms with Crippen molar-refractivity contribution in [3.05, 3.63) is 28.2 Å². The zero-order valence-electron chi connectivity index (χ0n) is 10.9. The van der Waals surface area contributed by atoms with E-state index in [0.29, 0.717) is 29.9 Å². The maximum absolute atomic E-state index is 12.6. The maximum Gasteiger partial charge on any atom is 0.243 e. The monoisotopic (exact) mass is 321 g/mol. The summed E-state index contributed by atoms with van der Waals surface area (Å²) in [5, 5.41) is 0.627. The van der Waals surface area contributed by atoms with Gasteiger partial charge in [0.25, 0.3) is 0 Å². The Labute approximate surface area is 124 Å². The van der Waals surface area contributed by atoms with Gasteiger partial charge in [-0.25, -0.2) is 8.42 Å². The maximum atomic E-state index is 12.6. The molecule has 0 amide bonds. The van der Waals surface area contributed by atoms with Crippen LogP contribution >= 0.6 is 23.2 Å². The van der Waals surface area contributed by atoms with Gasteiger partial charge >= 0.3 is 0 Å². The number of rotatable bonds is 2. The Morgan fingerprint density at radius 3 is 2.21 bits per heavy atom. The van der Waals surface area contributed by atoms with E-state index >= 15 is 0 Å². The standard InChI is InChI=1S/C13H17Cl2NO2S/c1-9-5-10(2)8-16(7-9)19(17,18)11-3-4-12(14)13(15)6-11/h3-4,6,9-10H,5,7-8H2,1-2H3/t9-,10+. The van der Waals surface area contributed by atoms with Crippen LogP contribution in [0, 0.1) is 11.8 Å². The van der Waals surface area contributed by atoms with Crippen LogP contribution in [0.2, 0.25) is 10.0 Å². The van der Waals surface area contributed by atoms with Crippen molar-refractivity contribution in [3.8, 4) is 0 Å². The third-order valence-corrected chi connectivity index (χ3v) is 5.93. The molecule has 1 aliphatic heterocycles. The summed E-state index contributed by atoms with van der Waals surface area (Å²) in [5.74, 6) is 0.752. The van der Waals surface area contributed by atoms with Gasteiger partial charge in [0.2, 0.25) is 10.0 Å². The molecule has 19 heavy (non-hydrogen) atoms. The fourth-order valence-corrected chi connectivity index (χ4v) is 4.66. The third kappa shape index (κ3) is 3.24. The molecule has 0 aromatic heterocycles. The molecule has 0 N–H and O–H groups in total. The number of sulfonamides is 1. The van der Waals surface area contributed by atoms with Crippen molar-refractivity contribution < 1.29 is 8.42 Å². The molecule has 0 aliphatic carbocycles. The van der Waals surface area contributed by atoms with Gasteiger partial charge in [0.05, 0.1) is 14.9 Å². The second-order valence-corrected chi connectivity index (χ2v) is 8.10. The lowest BCUT2D eigenvalue weighted by atomic mass is 9.94. The molecule has 2 atom stereocenters. The van der Waals surface area contributed by atoms with Gasteiger partial charge in [-0.15, -0.1) is 0 Å². The molecule has 106 valence electrons.